The van der Waals surface area contributed by atoms with Crippen molar-refractivity contribution in [2.24, 2.45) is 5.92 Å². The van der Waals surface area contributed by atoms with Crippen molar-refractivity contribution in [1.82, 2.24) is 5.48 Å². The lowest BCUT2D eigenvalue weighted by Crippen LogP contribution is -2.26. The van der Waals surface area contributed by atoms with Gasteiger partial charge in [-0.25, -0.2) is 5.48 Å². The molecule has 0 bridgehead atoms. The van der Waals surface area contributed by atoms with E-state index in [4.69, 9.17) is 9.25 Å². The van der Waals surface area contributed by atoms with Crippen LogP contribution in [0.4, 0.5) is 0 Å². The number of amides is 1. The lowest BCUT2D eigenvalue weighted by Gasteiger charge is -2.07. The number of nitrogens with one attached hydrogen (secondary N) is 1. The van der Waals surface area contributed by atoms with Gasteiger partial charge in [-0.2, -0.15) is 0 Å². The fraction of sp³-hybridized carbons (Fsp3) is 0.583. The molecule has 0 aliphatic rings. The Morgan fingerprint density at radius 2 is 1.94 bits per heavy atom. The van der Waals surface area contributed by atoms with Crippen LogP contribution in [0.5, 0.6) is 0 Å². The van der Waals surface area contributed by atoms with E-state index in [1.165, 1.54) is 0 Å². The third-order valence-electron chi connectivity index (χ3n) is 2.37. The minimum atomic E-state index is -0.243. The highest BCUT2D eigenvalue weighted by Crippen LogP contribution is 2.20. The van der Waals surface area contributed by atoms with Gasteiger partial charge in [0.1, 0.15) is 11.5 Å². The molecule has 0 saturated heterocycles. The standard InChI is InChI=1S/C12H19NO3/c1-7(2)6-15-13-12(14)11-8(3)9(4)16-10(11)5/h7H,6H2,1-5H3,(H,13,14). The summed E-state index contributed by atoms with van der Waals surface area (Å²) >= 11 is 0. The Morgan fingerprint density at radius 1 is 1.31 bits per heavy atom. The largest absolute Gasteiger partial charge is 0.466 e. The first-order valence-corrected chi connectivity index (χ1v) is 5.42. The van der Waals surface area contributed by atoms with Crippen molar-refractivity contribution in [2.45, 2.75) is 34.6 Å². The summed E-state index contributed by atoms with van der Waals surface area (Å²) in [5.41, 5.74) is 3.86. The summed E-state index contributed by atoms with van der Waals surface area (Å²) in [5, 5.41) is 0. The van der Waals surface area contributed by atoms with Crippen LogP contribution >= 0.6 is 0 Å². The fourth-order valence-electron chi connectivity index (χ4n) is 1.45. The van der Waals surface area contributed by atoms with Crippen LogP contribution < -0.4 is 5.48 Å². The average molecular weight is 225 g/mol. The topological polar surface area (TPSA) is 51.5 Å². The van der Waals surface area contributed by atoms with Gasteiger partial charge in [0.05, 0.1) is 12.2 Å². The molecule has 16 heavy (non-hydrogen) atoms. The number of hydrogen-bond donors (Lipinski definition) is 1. The van der Waals surface area contributed by atoms with Gasteiger partial charge in [-0.15, -0.1) is 0 Å². The molecule has 1 N–H and O–H groups in total. The summed E-state index contributed by atoms with van der Waals surface area (Å²) < 4.78 is 5.38. The molecule has 0 unspecified atom stereocenters. The molecule has 1 heterocycles. The van der Waals surface area contributed by atoms with Crippen molar-refractivity contribution < 1.29 is 14.0 Å². The van der Waals surface area contributed by atoms with Crippen LogP contribution in [0.1, 0.15) is 41.3 Å². The smallest absolute Gasteiger partial charge is 0.278 e. The highest BCUT2D eigenvalue weighted by atomic mass is 16.6. The van der Waals surface area contributed by atoms with Gasteiger partial charge in [0.2, 0.25) is 0 Å². The summed E-state index contributed by atoms with van der Waals surface area (Å²) in [6, 6.07) is 0. The van der Waals surface area contributed by atoms with E-state index >= 15 is 0 Å². The molecule has 0 radical (unpaired) electrons. The Bertz CT molecular complexity index is 380. The molecule has 1 aromatic rings. The molecule has 90 valence electrons. The van der Waals surface area contributed by atoms with Gasteiger partial charge in [0, 0.05) is 5.56 Å². The van der Waals surface area contributed by atoms with Gasteiger partial charge in [-0.1, -0.05) is 13.8 Å². The third-order valence-corrected chi connectivity index (χ3v) is 2.37. The first kappa shape index (κ1) is 12.8. The number of hydrogen-bond acceptors (Lipinski definition) is 3. The van der Waals surface area contributed by atoms with Gasteiger partial charge in [-0.3, -0.25) is 9.63 Å². The Kier molecular flexibility index (Phi) is 4.12. The molecular weight excluding hydrogens is 206 g/mol. The quantitative estimate of drug-likeness (QED) is 0.801. The number of aryl methyl sites for hydroxylation is 2. The van der Waals surface area contributed by atoms with Crippen LogP contribution in [-0.2, 0) is 4.84 Å². The summed E-state index contributed by atoms with van der Waals surface area (Å²) in [5.74, 6) is 1.54. The number of carbonyl (C=O) groups is 1. The van der Waals surface area contributed by atoms with Crippen molar-refractivity contribution in [3.05, 3.63) is 22.6 Å². The summed E-state index contributed by atoms with van der Waals surface area (Å²) in [6.07, 6.45) is 0. The predicted molar refractivity (Wildman–Crippen MR) is 61.2 cm³/mol. The molecule has 1 amide bonds. The molecule has 4 heteroatoms. The number of hydroxylamine groups is 1. The zero-order valence-corrected chi connectivity index (χ0v) is 10.5. The molecule has 1 aromatic heterocycles. The predicted octanol–water partition coefficient (Wildman–Crippen LogP) is 2.52. The molecule has 0 aromatic carbocycles. The lowest BCUT2D eigenvalue weighted by atomic mass is 10.1. The van der Waals surface area contributed by atoms with E-state index in [0.29, 0.717) is 23.8 Å². The summed E-state index contributed by atoms with van der Waals surface area (Å²) in [6.45, 7) is 10.0. The van der Waals surface area contributed by atoms with Crippen molar-refractivity contribution >= 4 is 5.91 Å². The van der Waals surface area contributed by atoms with Crippen LogP contribution in [0.25, 0.3) is 0 Å². The minimum Gasteiger partial charge on any atom is -0.466 e. The van der Waals surface area contributed by atoms with Crippen LogP contribution in [-0.4, -0.2) is 12.5 Å². The second kappa shape index (κ2) is 5.16. The highest BCUT2D eigenvalue weighted by molar-refractivity contribution is 5.96. The SMILES string of the molecule is Cc1oc(C)c(C(=O)NOCC(C)C)c1C. The van der Waals surface area contributed by atoms with E-state index in [9.17, 15) is 4.79 Å². The molecule has 0 atom stereocenters. The molecule has 0 spiro atoms. The molecule has 0 aliphatic carbocycles. The average Bonchev–Trinajstić information content (AvgIpc) is 2.40. The number of furan rings is 1. The number of carbonyl (C=O) groups excluding carboxylic acids is 1. The Balaban J connectivity index is 2.66. The van der Waals surface area contributed by atoms with Crippen molar-refractivity contribution in [2.75, 3.05) is 6.61 Å². The summed E-state index contributed by atoms with van der Waals surface area (Å²) in [4.78, 5) is 16.9. The van der Waals surface area contributed by atoms with Gasteiger partial charge in [0.25, 0.3) is 5.91 Å². The second-order valence-corrected chi connectivity index (χ2v) is 4.35. The van der Waals surface area contributed by atoms with Crippen LogP contribution in [0.2, 0.25) is 0 Å². The third kappa shape index (κ3) is 2.85. The number of rotatable bonds is 4. The molecule has 0 saturated carbocycles. The van der Waals surface area contributed by atoms with E-state index in [1.807, 2.05) is 27.7 Å². The highest BCUT2D eigenvalue weighted by Gasteiger charge is 2.18. The van der Waals surface area contributed by atoms with E-state index in [-0.39, 0.29) is 5.91 Å². The van der Waals surface area contributed by atoms with Crippen molar-refractivity contribution in [1.29, 1.82) is 0 Å². The lowest BCUT2D eigenvalue weighted by molar-refractivity contribution is 0.0207. The van der Waals surface area contributed by atoms with E-state index in [0.717, 1.165) is 11.3 Å². The van der Waals surface area contributed by atoms with Crippen molar-refractivity contribution in [3.8, 4) is 0 Å². The molecular formula is C12H19NO3. The first-order valence-electron chi connectivity index (χ1n) is 5.42. The Hall–Kier alpha value is -1.29. The normalized spacial score (nSPS) is 10.9. The molecule has 0 aliphatic heterocycles. The van der Waals surface area contributed by atoms with E-state index in [2.05, 4.69) is 5.48 Å². The zero-order valence-electron chi connectivity index (χ0n) is 10.5. The van der Waals surface area contributed by atoms with Crippen LogP contribution in [0.15, 0.2) is 4.42 Å². The maximum absolute atomic E-state index is 11.8. The molecule has 4 nitrogen and oxygen atoms in total. The van der Waals surface area contributed by atoms with Gasteiger partial charge < -0.3 is 4.42 Å². The van der Waals surface area contributed by atoms with Crippen LogP contribution in [0, 0.1) is 26.7 Å². The Labute approximate surface area is 95.9 Å². The van der Waals surface area contributed by atoms with Gasteiger partial charge in [-0.05, 0) is 26.7 Å². The Morgan fingerprint density at radius 3 is 2.38 bits per heavy atom. The van der Waals surface area contributed by atoms with E-state index in [1.54, 1.807) is 6.92 Å². The monoisotopic (exact) mass is 225 g/mol. The minimum absolute atomic E-state index is 0.243. The fourth-order valence-corrected chi connectivity index (χ4v) is 1.45. The second-order valence-electron chi connectivity index (χ2n) is 4.35. The first-order chi connectivity index (χ1) is 7.43. The maximum Gasteiger partial charge on any atom is 0.278 e. The van der Waals surface area contributed by atoms with Gasteiger partial charge in [0.15, 0.2) is 0 Å². The van der Waals surface area contributed by atoms with Crippen molar-refractivity contribution in [3.63, 3.8) is 0 Å². The van der Waals surface area contributed by atoms with Crippen LogP contribution in [0.3, 0.4) is 0 Å². The summed E-state index contributed by atoms with van der Waals surface area (Å²) in [7, 11) is 0. The molecule has 0 fully saturated rings. The van der Waals surface area contributed by atoms with E-state index < -0.39 is 0 Å². The molecule has 1 rings (SSSR count). The van der Waals surface area contributed by atoms with Gasteiger partial charge >= 0.3 is 0 Å². The zero-order chi connectivity index (χ0) is 12.3. The maximum atomic E-state index is 11.8.